The van der Waals surface area contributed by atoms with E-state index in [4.69, 9.17) is 15.0 Å². The van der Waals surface area contributed by atoms with E-state index in [2.05, 4.69) is 78.9 Å². The van der Waals surface area contributed by atoms with Crippen molar-refractivity contribution in [1.29, 1.82) is 0 Å². The summed E-state index contributed by atoms with van der Waals surface area (Å²) < 4.78 is 47.8. The highest BCUT2D eigenvalue weighted by Gasteiger charge is 2.26. The maximum atomic E-state index is 9.87. The van der Waals surface area contributed by atoms with Crippen LogP contribution in [0.4, 0.5) is 0 Å². The van der Waals surface area contributed by atoms with Crippen molar-refractivity contribution in [3.63, 3.8) is 0 Å². The lowest BCUT2D eigenvalue weighted by atomic mass is 10.0. The molecule has 0 unspecified atom stereocenters. The fourth-order valence-corrected chi connectivity index (χ4v) is 10.8. The molecule has 0 saturated heterocycles. The van der Waals surface area contributed by atoms with E-state index in [1.54, 1.807) is 0 Å². The van der Waals surface area contributed by atoms with Crippen LogP contribution in [0.25, 0.3) is 133 Å². The zero-order valence-corrected chi connectivity index (χ0v) is 37.3. The third-order valence-corrected chi connectivity index (χ3v) is 13.9. The number of aromatic nitrogens is 7. The minimum atomic E-state index is 0.108. The van der Waals surface area contributed by atoms with Crippen LogP contribution in [-0.2, 0) is 0 Å². The molecule has 0 N–H and O–H groups in total. The van der Waals surface area contributed by atoms with E-state index in [-0.39, 0.29) is 24.2 Å². The third kappa shape index (κ3) is 5.54. The fourth-order valence-electron chi connectivity index (χ4n) is 10.8. The Labute approximate surface area is 406 Å². The number of benzene rings is 10. The molecular formula is C63H39N7. The Morgan fingerprint density at radius 3 is 0.957 bits per heavy atom. The number of hydrogen-bond donors (Lipinski definition) is 0. The van der Waals surface area contributed by atoms with Gasteiger partial charge < -0.3 is 9.13 Å². The Bertz CT molecular complexity index is 4550. The topological polar surface area (TPSA) is 58.4 Å². The molecule has 70 heavy (non-hydrogen) atoms. The Hall–Kier alpha value is -9.59. The standard InChI is InChI=1S/C63H39N7/c1-4-18-40(19-5-1)41-32-34-42(35-33-41)61-64-62(69-55-30-16-12-26-47(55)51-38-36-49-45-24-10-14-28-53(45)67(57(49)59(51)69)43-20-6-2-7-21-43)66-63(65-61)70-56-31-17-13-27-48(56)52-39-37-50-46-25-11-15-29-54(46)68(58(50)60(52)70)44-22-8-3-9-23-44/h1-39H/i36D,37D,38D,39D. The molecule has 15 aromatic rings. The quantitative estimate of drug-likeness (QED) is 0.167. The Balaban J connectivity index is 1.14. The van der Waals surface area contributed by atoms with Crippen molar-refractivity contribution >= 4 is 87.2 Å². The zero-order valence-electron chi connectivity index (χ0n) is 41.3. The molecule has 0 spiro atoms. The summed E-state index contributed by atoms with van der Waals surface area (Å²) in [6, 6.07) is 71.6. The number of fused-ring (bicyclic) bond motifs is 14. The van der Waals surface area contributed by atoms with Crippen LogP contribution in [-0.4, -0.2) is 33.2 Å². The van der Waals surface area contributed by atoms with Crippen molar-refractivity contribution in [1.82, 2.24) is 33.2 Å². The fraction of sp³-hybridized carbons (Fsp3) is 0. The maximum absolute atomic E-state index is 9.87. The second kappa shape index (κ2) is 15.0. The molecule has 326 valence electrons. The van der Waals surface area contributed by atoms with Gasteiger partial charge in [-0.1, -0.05) is 188 Å². The van der Waals surface area contributed by atoms with E-state index in [0.717, 1.165) is 82.7 Å². The largest absolute Gasteiger partial charge is 0.307 e. The smallest absolute Gasteiger partial charge is 0.240 e. The van der Waals surface area contributed by atoms with Crippen LogP contribution in [0.15, 0.2) is 236 Å². The number of para-hydroxylation sites is 6. The second-order valence-electron chi connectivity index (χ2n) is 17.7. The molecule has 0 amide bonds. The van der Waals surface area contributed by atoms with E-state index in [9.17, 15) is 5.48 Å². The molecular weight excluding hydrogens is 855 g/mol. The summed E-state index contributed by atoms with van der Waals surface area (Å²) in [7, 11) is 0. The summed E-state index contributed by atoms with van der Waals surface area (Å²) in [5, 5.41) is 5.84. The van der Waals surface area contributed by atoms with Crippen LogP contribution in [0.3, 0.4) is 0 Å². The highest BCUT2D eigenvalue weighted by atomic mass is 15.3. The molecule has 10 aromatic carbocycles. The van der Waals surface area contributed by atoms with Gasteiger partial charge in [0.25, 0.3) is 0 Å². The predicted octanol–water partition coefficient (Wildman–Crippen LogP) is 15.6. The normalized spacial score (nSPS) is 12.8. The molecule has 0 atom stereocenters. The molecule has 0 aliphatic carbocycles. The van der Waals surface area contributed by atoms with E-state index in [1.165, 1.54) is 0 Å². The summed E-state index contributed by atoms with van der Waals surface area (Å²) in [4.78, 5) is 16.5. The molecule has 0 saturated carbocycles. The molecule has 0 aliphatic heterocycles. The van der Waals surface area contributed by atoms with Crippen LogP contribution in [0.1, 0.15) is 5.48 Å². The average molecular weight is 898 g/mol. The van der Waals surface area contributed by atoms with Crippen LogP contribution in [0, 0.1) is 0 Å². The highest BCUT2D eigenvalue weighted by Crippen LogP contribution is 2.44. The van der Waals surface area contributed by atoms with Crippen LogP contribution in [0.5, 0.6) is 0 Å². The first kappa shape index (κ1) is 34.7. The van der Waals surface area contributed by atoms with Gasteiger partial charge in [0.15, 0.2) is 5.82 Å². The summed E-state index contributed by atoms with van der Waals surface area (Å²) in [5.41, 5.74) is 10.9. The van der Waals surface area contributed by atoms with Gasteiger partial charge in [0.05, 0.1) is 49.6 Å². The molecule has 0 aliphatic rings. The predicted molar refractivity (Wildman–Crippen MR) is 288 cm³/mol. The summed E-state index contributed by atoms with van der Waals surface area (Å²) >= 11 is 0. The van der Waals surface area contributed by atoms with Crippen molar-refractivity contribution in [3.05, 3.63) is 236 Å². The molecule has 5 aromatic heterocycles. The van der Waals surface area contributed by atoms with Crippen molar-refractivity contribution in [3.8, 4) is 45.8 Å². The zero-order chi connectivity index (χ0) is 49.3. The first-order chi connectivity index (χ1) is 36.4. The highest BCUT2D eigenvalue weighted by molar-refractivity contribution is 6.25. The summed E-state index contributed by atoms with van der Waals surface area (Å²) in [5.74, 6) is 1.02. The maximum Gasteiger partial charge on any atom is 0.240 e. The van der Waals surface area contributed by atoms with Crippen LogP contribution in [0.2, 0.25) is 0 Å². The van der Waals surface area contributed by atoms with E-state index >= 15 is 0 Å². The third-order valence-electron chi connectivity index (χ3n) is 13.9. The molecule has 0 radical (unpaired) electrons. The van der Waals surface area contributed by atoms with Crippen LogP contribution < -0.4 is 0 Å². The lowest BCUT2D eigenvalue weighted by Crippen LogP contribution is -2.11. The van der Waals surface area contributed by atoms with E-state index < -0.39 is 0 Å². The minimum absolute atomic E-state index is 0.108. The van der Waals surface area contributed by atoms with Gasteiger partial charge in [-0.25, -0.2) is 0 Å². The lowest BCUT2D eigenvalue weighted by Gasteiger charge is -2.15. The Kier molecular flexibility index (Phi) is 7.41. The molecule has 5 heterocycles. The second-order valence-corrected chi connectivity index (χ2v) is 17.7. The van der Waals surface area contributed by atoms with Crippen molar-refractivity contribution in [2.24, 2.45) is 0 Å². The minimum Gasteiger partial charge on any atom is -0.307 e. The van der Waals surface area contributed by atoms with E-state index in [0.29, 0.717) is 50.3 Å². The molecule has 15 rings (SSSR count). The SMILES string of the molecule is [2H]c1c([2H])c2c3ccccc3n(-c3nc(-c4ccc(-c5ccccc5)cc4)nc(-n4c5ccccc5c5c([2H])c([2H])c6c7ccccc7n(-c7ccccc7)c6c54)n3)c2c2c1c1ccccc1n2-c1ccccc1. The van der Waals surface area contributed by atoms with Gasteiger partial charge in [0, 0.05) is 60.0 Å². The van der Waals surface area contributed by atoms with Gasteiger partial charge in [-0.15, -0.1) is 0 Å². The monoisotopic (exact) mass is 897 g/mol. The summed E-state index contributed by atoms with van der Waals surface area (Å²) in [6.07, 6.45) is 0. The van der Waals surface area contributed by atoms with Gasteiger partial charge in [-0.2, -0.15) is 15.0 Å². The molecule has 0 fully saturated rings. The first-order valence-electron chi connectivity index (χ1n) is 25.4. The Morgan fingerprint density at radius 1 is 0.257 bits per heavy atom. The van der Waals surface area contributed by atoms with Crippen molar-refractivity contribution < 1.29 is 5.48 Å². The van der Waals surface area contributed by atoms with Crippen LogP contribution >= 0.6 is 0 Å². The average Bonchev–Trinajstić information content (AvgIpc) is 4.25. The summed E-state index contributed by atoms with van der Waals surface area (Å²) in [6.45, 7) is 0. The van der Waals surface area contributed by atoms with E-state index in [1.807, 2.05) is 152 Å². The molecule has 0 bridgehead atoms. The number of hydrogen-bond acceptors (Lipinski definition) is 3. The van der Waals surface area contributed by atoms with Gasteiger partial charge in [0.2, 0.25) is 11.9 Å². The van der Waals surface area contributed by atoms with Gasteiger partial charge in [0.1, 0.15) is 0 Å². The number of rotatable bonds is 6. The Morgan fingerprint density at radius 2 is 0.557 bits per heavy atom. The van der Waals surface area contributed by atoms with Gasteiger partial charge >= 0.3 is 0 Å². The van der Waals surface area contributed by atoms with Gasteiger partial charge in [-0.05, 0) is 59.7 Å². The van der Waals surface area contributed by atoms with Crippen molar-refractivity contribution in [2.75, 3.05) is 0 Å². The number of nitrogens with zero attached hydrogens (tertiary/aromatic N) is 7. The first-order valence-corrected chi connectivity index (χ1v) is 23.4. The van der Waals surface area contributed by atoms with Crippen molar-refractivity contribution in [2.45, 2.75) is 0 Å². The molecule has 7 nitrogen and oxygen atoms in total. The lowest BCUT2D eigenvalue weighted by molar-refractivity contribution is 0.893. The van der Waals surface area contributed by atoms with Gasteiger partial charge in [-0.3, -0.25) is 9.13 Å². The molecule has 7 heteroatoms.